The highest BCUT2D eigenvalue weighted by Gasteiger charge is 1.86. The maximum absolute atomic E-state index is 5.23. The molecule has 1 nitrogen and oxygen atoms in total. The van der Waals surface area contributed by atoms with Gasteiger partial charge >= 0.3 is 0 Å². The van der Waals surface area contributed by atoms with Crippen molar-refractivity contribution in [2.75, 3.05) is 12.8 Å². The summed E-state index contributed by atoms with van der Waals surface area (Å²) in [4.78, 5) is 0. The van der Waals surface area contributed by atoms with Crippen LogP contribution in [0.5, 0.6) is 0 Å². The van der Waals surface area contributed by atoms with Gasteiger partial charge in [0.15, 0.2) is 0 Å². The van der Waals surface area contributed by atoms with Crippen molar-refractivity contribution in [3.63, 3.8) is 0 Å². The fourth-order valence-corrected chi connectivity index (χ4v) is 1.60. The summed E-state index contributed by atoms with van der Waals surface area (Å²) >= 11 is 1.85. The average Bonchev–Trinajstić information content (AvgIpc) is 2.20. The molecule has 2 N–H and O–H groups in total. The highest BCUT2D eigenvalue weighted by atomic mass is 32.2. The molecule has 0 aromatic heterocycles. The summed E-state index contributed by atoms with van der Waals surface area (Å²) in [5, 5.41) is 0. The molecule has 0 spiro atoms. The Balaban J connectivity index is 0.000000288. The summed E-state index contributed by atoms with van der Waals surface area (Å²) in [5.74, 6) is 1.90. The predicted octanol–water partition coefficient (Wildman–Crippen LogP) is 3.54. The normalized spacial score (nSPS) is 9.67. The molecule has 0 saturated carbocycles. The van der Waals surface area contributed by atoms with Crippen LogP contribution in [0, 0.1) is 5.92 Å². The lowest BCUT2D eigenvalue weighted by atomic mass is 10.1. The van der Waals surface area contributed by atoms with Crippen LogP contribution in [0.15, 0.2) is 30.3 Å². The van der Waals surface area contributed by atoms with Crippen LogP contribution in [0.4, 0.5) is 0 Å². The van der Waals surface area contributed by atoms with Crippen molar-refractivity contribution in [2.24, 2.45) is 11.7 Å². The lowest BCUT2D eigenvalue weighted by Gasteiger charge is -1.96. The van der Waals surface area contributed by atoms with Gasteiger partial charge in [0.1, 0.15) is 0 Å². The molecule has 0 bridgehead atoms. The van der Waals surface area contributed by atoms with E-state index in [1.807, 2.05) is 17.8 Å². The summed E-state index contributed by atoms with van der Waals surface area (Å²) < 4.78 is 0. The van der Waals surface area contributed by atoms with Crippen LogP contribution in [0.25, 0.3) is 0 Å². The Morgan fingerprint density at radius 2 is 1.80 bits per heavy atom. The molecule has 0 aliphatic heterocycles. The lowest BCUT2D eigenvalue weighted by molar-refractivity contribution is 0.596. The van der Waals surface area contributed by atoms with E-state index < -0.39 is 0 Å². The quantitative estimate of drug-likeness (QED) is 0.848. The third-order valence-corrected chi connectivity index (χ3v) is 2.52. The van der Waals surface area contributed by atoms with Gasteiger partial charge in [-0.15, -0.1) is 0 Å². The van der Waals surface area contributed by atoms with E-state index in [9.17, 15) is 0 Å². The van der Waals surface area contributed by atoms with E-state index in [0.29, 0.717) is 0 Å². The third kappa shape index (κ3) is 9.83. The third-order valence-electron chi connectivity index (χ3n) is 1.90. The Labute approximate surface area is 98.5 Å². The van der Waals surface area contributed by atoms with E-state index in [-0.39, 0.29) is 0 Å². The van der Waals surface area contributed by atoms with Crippen molar-refractivity contribution in [3.05, 3.63) is 35.9 Å². The minimum atomic E-state index is 0.773. The minimum Gasteiger partial charge on any atom is -0.330 e. The van der Waals surface area contributed by atoms with Crippen LogP contribution < -0.4 is 5.73 Å². The van der Waals surface area contributed by atoms with Crippen molar-refractivity contribution in [1.29, 1.82) is 0 Å². The summed E-state index contributed by atoms with van der Waals surface area (Å²) in [5.41, 5.74) is 6.64. The van der Waals surface area contributed by atoms with Gasteiger partial charge in [-0.25, -0.2) is 0 Å². The Bertz CT molecular complexity index is 221. The standard InChI is InChI=1S/C8H10S.C5H13N/c1-9-7-8-5-3-2-4-6-8;1-5(2)3-4-6/h2-6H,7H2,1H3;5H,3-4,6H2,1-2H3. The summed E-state index contributed by atoms with van der Waals surface area (Å²) in [6, 6.07) is 10.5. The van der Waals surface area contributed by atoms with Crippen molar-refractivity contribution >= 4 is 11.8 Å². The monoisotopic (exact) mass is 225 g/mol. The number of rotatable bonds is 4. The first-order valence-electron chi connectivity index (χ1n) is 5.43. The molecule has 0 amide bonds. The van der Waals surface area contributed by atoms with Crippen LogP contribution in [0.2, 0.25) is 0 Å². The second-order valence-corrected chi connectivity index (χ2v) is 4.76. The summed E-state index contributed by atoms with van der Waals surface area (Å²) in [7, 11) is 0. The number of hydrogen-bond donors (Lipinski definition) is 1. The van der Waals surface area contributed by atoms with Crippen molar-refractivity contribution in [1.82, 2.24) is 0 Å². The fourth-order valence-electron chi connectivity index (χ4n) is 1.07. The van der Waals surface area contributed by atoms with Gasteiger partial charge in [0, 0.05) is 5.75 Å². The molecular formula is C13H23NS. The predicted molar refractivity (Wildman–Crippen MR) is 72.2 cm³/mol. The fraction of sp³-hybridized carbons (Fsp3) is 0.538. The first-order chi connectivity index (χ1) is 7.20. The summed E-state index contributed by atoms with van der Waals surface area (Å²) in [6.07, 6.45) is 3.27. The Hall–Kier alpha value is -0.470. The maximum atomic E-state index is 5.23. The molecule has 15 heavy (non-hydrogen) atoms. The Kier molecular flexibility index (Phi) is 9.75. The Morgan fingerprint density at radius 1 is 1.20 bits per heavy atom. The van der Waals surface area contributed by atoms with E-state index in [1.165, 1.54) is 5.56 Å². The molecule has 0 aliphatic rings. The molecular weight excluding hydrogens is 202 g/mol. The highest BCUT2D eigenvalue weighted by molar-refractivity contribution is 7.97. The number of hydrogen-bond acceptors (Lipinski definition) is 2. The molecule has 0 saturated heterocycles. The smallest absolute Gasteiger partial charge is 0.0181 e. The van der Waals surface area contributed by atoms with Gasteiger partial charge in [-0.3, -0.25) is 0 Å². The highest BCUT2D eigenvalue weighted by Crippen LogP contribution is 2.06. The zero-order valence-corrected chi connectivity index (χ0v) is 10.9. The lowest BCUT2D eigenvalue weighted by Crippen LogP contribution is -2.01. The van der Waals surface area contributed by atoms with Gasteiger partial charge in [0.05, 0.1) is 0 Å². The molecule has 1 rings (SSSR count). The SMILES string of the molecule is CC(C)CCN.CSCc1ccccc1. The van der Waals surface area contributed by atoms with Crippen LogP contribution >= 0.6 is 11.8 Å². The van der Waals surface area contributed by atoms with Crippen LogP contribution in [-0.2, 0) is 5.75 Å². The molecule has 0 atom stereocenters. The largest absolute Gasteiger partial charge is 0.330 e. The molecule has 0 radical (unpaired) electrons. The second kappa shape index (κ2) is 10.1. The van der Waals surface area contributed by atoms with Gasteiger partial charge in [-0.05, 0) is 30.7 Å². The topological polar surface area (TPSA) is 26.0 Å². The van der Waals surface area contributed by atoms with Crippen LogP contribution in [-0.4, -0.2) is 12.8 Å². The number of thioether (sulfide) groups is 1. The van der Waals surface area contributed by atoms with E-state index >= 15 is 0 Å². The van der Waals surface area contributed by atoms with E-state index in [1.54, 1.807) is 0 Å². The second-order valence-electron chi connectivity index (χ2n) is 3.89. The van der Waals surface area contributed by atoms with E-state index in [0.717, 1.165) is 24.6 Å². The number of nitrogens with two attached hydrogens (primary N) is 1. The molecule has 2 heteroatoms. The zero-order valence-electron chi connectivity index (χ0n) is 10.1. The maximum Gasteiger partial charge on any atom is 0.0181 e. The first-order valence-corrected chi connectivity index (χ1v) is 6.83. The molecule has 0 aliphatic carbocycles. The van der Waals surface area contributed by atoms with Gasteiger partial charge in [0.2, 0.25) is 0 Å². The Morgan fingerprint density at radius 3 is 2.13 bits per heavy atom. The number of benzene rings is 1. The average molecular weight is 225 g/mol. The van der Waals surface area contributed by atoms with Crippen molar-refractivity contribution < 1.29 is 0 Å². The molecule has 0 fully saturated rings. The zero-order chi connectivity index (χ0) is 11.5. The molecule has 1 aromatic rings. The molecule has 0 unspecified atom stereocenters. The molecule has 1 aromatic carbocycles. The summed E-state index contributed by atoms with van der Waals surface area (Å²) in [6.45, 7) is 5.18. The minimum absolute atomic E-state index is 0.773. The van der Waals surface area contributed by atoms with Crippen LogP contribution in [0.1, 0.15) is 25.8 Å². The van der Waals surface area contributed by atoms with E-state index in [4.69, 9.17) is 5.73 Å². The van der Waals surface area contributed by atoms with Gasteiger partial charge in [-0.2, -0.15) is 11.8 Å². The van der Waals surface area contributed by atoms with Crippen molar-refractivity contribution in [3.8, 4) is 0 Å². The van der Waals surface area contributed by atoms with Gasteiger partial charge < -0.3 is 5.73 Å². The van der Waals surface area contributed by atoms with Crippen LogP contribution in [0.3, 0.4) is 0 Å². The molecule has 86 valence electrons. The first kappa shape index (κ1) is 14.5. The van der Waals surface area contributed by atoms with Gasteiger partial charge in [0.25, 0.3) is 0 Å². The van der Waals surface area contributed by atoms with Crippen molar-refractivity contribution in [2.45, 2.75) is 26.0 Å². The van der Waals surface area contributed by atoms with E-state index in [2.05, 4.69) is 44.4 Å². The molecule has 0 heterocycles. The van der Waals surface area contributed by atoms with Gasteiger partial charge in [-0.1, -0.05) is 44.2 Å².